The van der Waals surface area contributed by atoms with Gasteiger partial charge in [0.1, 0.15) is 11.2 Å². The van der Waals surface area contributed by atoms with Gasteiger partial charge in [0.25, 0.3) is 0 Å². The van der Waals surface area contributed by atoms with Gasteiger partial charge < -0.3 is 4.42 Å². The predicted molar refractivity (Wildman–Crippen MR) is 184 cm³/mol. The Morgan fingerprint density at radius 3 is 1.91 bits per heavy atom. The number of benzene rings is 6. The Morgan fingerprint density at radius 1 is 0.432 bits per heavy atom. The number of fused-ring (bicyclic) bond motifs is 6. The van der Waals surface area contributed by atoms with Crippen LogP contribution >= 0.6 is 11.3 Å². The standard InChI is InChI=1S/C40H24N2OS/c1-3-10-25(11-4-1)27-14-9-15-30(22-27)37-39-38(42-40(41-37)26-12-5-2-6-13-26)33-21-19-29(24-36(33)44-39)28-18-20-32-31-16-7-8-17-34(31)43-35(32)23-28/h1-24H. The van der Waals surface area contributed by atoms with E-state index in [1.54, 1.807) is 11.3 Å². The summed E-state index contributed by atoms with van der Waals surface area (Å²) in [5, 5.41) is 3.42. The largest absolute Gasteiger partial charge is 0.456 e. The Hall–Kier alpha value is -5.58. The Kier molecular flexibility index (Phi) is 5.68. The quantitative estimate of drug-likeness (QED) is 0.208. The molecule has 0 atom stereocenters. The summed E-state index contributed by atoms with van der Waals surface area (Å²) in [4.78, 5) is 10.3. The van der Waals surface area contributed by atoms with Crippen LogP contribution in [0.1, 0.15) is 0 Å². The van der Waals surface area contributed by atoms with Gasteiger partial charge in [0.2, 0.25) is 0 Å². The monoisotopic (exact) mass is 580 g/mol. The third kappa shape index (κ3) is 4.11. The van der Waals surface area contributed by atoms with E-state index in [1.807, 2.05) is 36.4 Å². The molecule has 0 N–H and O–H groups in total. The molecule has 3 heterocycles. The maximum Gasteiger partial charge on any atom is 0.160 e. The van der Waals surface area contributed by atoms with Crippen LogP contribution in [0.15, 0.2) is 150 Å². The molecule has 0 saturated carbocycles. The Labute approximate surface area is 257 Å². The van der Waals surface area contributed by atoms with E-state index in [9.17, 15) is 0 Å². The highest BCUT2D eigenvalue weighted by molar-refractivity contribution is 7.26. The molecular formula is C40H24N2OS. The molecule has 9 aromatic rings. The Balaban J connectivity index is 1.23. The van der Waals surface area contributed by atoms with E-state index in [4.69, 9.17) is 14.4 Å². The summed E-state index contributed by atoms with van der Waals surface area (Å²) >= 11 is 1.76. The minimum atomic E-state index is 0.734. The van der Waals surface area contributed by atoms with Crippen molar-refractivity contribution in [2.24, 2.45) is 0 Å². The number of thiophene rings is 1. The summed E-state index contributed by atoms with van der Waals surface area (Å²) in [5.41, 5.74) is 10.5. The van der Waals surface area contributed by atoms with Crippen molar-refractivity contribution < 1.29 is 4.42 Å². The van der Waals surface area contributed by atoms with Gasteiger partial charge in [0, 0.05) is 32.0 Å². The SMILES string of the molecule is c1ccc(-c2cccc(-c3nc(-c4ccccc4)nc4c3sc3cc(-c5ccc6c(c5)oc5ccccc56)ccc34)c2)cc1. The van der Waals surface area contributed by atoms with Gasteiger partial charge in [0.15, 0.2) is 5.82 Å². The average Bonchev–Trinajstić information content (AvgIpc) is 3.66. The molecule has 0 fully saturated rings. The summed E-state index contributed by atoms with van der Waals surface area (Å²) in [5.74, 6) is 0.734. The lowest BCUT2D eigenvalue weighted by Crippen LogP contribution is -1.93. The van der Waals surface area contributed by atoms with Gasteiger partial charge in [-0.3, -0.25) is 0 Å². The van der Waals surface area contributed by atoms with E-state index >= 15 is 0 Å². The number of rotatable bonds is 4. The van der Waals surface area contributed by atoms with Crippen molar-refractivity contribution in [2.45, 2.75) is 0 Å². The average molecular weight is 581 g/mol. The summed E-state index contributed by atoms with van der Waals surface area (Å²) in [7, 11) is 0. The van der Waals surface area contributed by atoms with Crippen LogP contribution in [0.5, 0.6) is 0 Å². The zero-order valence-corrected chi connectivity index (χ0v) is 24.4. The molecule has 44 heavy (non-hydrogen) atoms. The van der Waals surface area contributed by atoms with Crippen molar-refractivity contribution in [3.05, 3.63) is 146 Å². The predicted octanol–water partition coefficient (Wildman–Crippen LogP) is 11.4. The fraction of sp³-hybridized carbons (Fsp3) is 0. The van der Waals surface area contributed by atoms with Crippen molar-refractivity contribution in [3.63, 3.8) is 0 Å². The van der Waals surface area contributed by atoms with Crippen LogP contribution in [0.3, 0.4) is 0 Å². The molecule has 0 bridgehead atoms. The fourth-order valence-corrected chi connectivity index (χ4v) is 7.31. The van der Waals surface area contributed by atoms with Crippen molar-refractivity contribution >= 4 is 53.6 Å². The number of aromatic nitrogens is 2. The highest BCUT2D eigenvalue weighted by atomic mass is 32.1. The van der Waals surface area contributed by atoms with Crippen molar-refractivity contribution in [1.29, 1.82) is 0 Å². The molecule has 0 aliphatic rings. The molecule has 3 nitrogen and oxygen atoms in total. The van der Waals surface area contributed by atoms with Crippen LogP contribution in [0.2, 0.25) is 0 Å². The van der Waals surface area contributed by atoms with Gasteiger partial charge in [-0.15, -0.1) is 11.3 Å². The molecule has 3 aromatic heterocycles. The maximum atomic E-state index is 6.20. The lowest BCUT2D eigenvalue weighted by atomic mass is 10.0. The summed E-state index contributed by atoms with van der Waals surface area (Å²) in [6.07, 6.45) is 0. The second kappa shape index (κ2) is 10.0. The molecule has 0 aliphatic carbocycles. The number of furan rings is 1. The lowest BCUT2D eigenvalue weighted by Gasteiger charge is -2.09. The van der Waals surface area contributed by atoms with Crippen LogP contribution in [0.25, 0.3) is 87.1 Å². The zero-order valence-electron chi connectivity index (χ0n) is 23.6. The summed E-state index contributed by atoms with van der Waals surface area (Å²) in [6, 6.07) is 50.8. The smallest absolute Gasteiger partial charge is 0.160 e. The van der Waals surface area contributed by atoms with Crippen LogP contribution in [0.4, 0.5) is 0 Å². The number of para-hydroxylation sites is 1. The molecule has 6 aromatic carbocycles. The van der Waals surface area contributed by atoms with E-state index in [0.29, 0.717) is 0 Å². The third-order valence-electron chi connectivity index (χ3n) is 8.30. The Bertz CT molecular complexity index is 2490. The van der Waals surface area contributed by atoms with Gasteiger partial charge >= 0.3 is 0 Å². The first-order chi connectivity index (χ1) is 21.8. The van der Waals surface area contributed by atoms with Crippen LogP contribution in [-0.2, 0) is 0 Å². The molecule has 0 saturated heterocycles. The minimum absolute atomic E-state index is 0.734. The third-order valence-corrected chi connectivity index (χ3v) is 9.45. The highest BCUT2D eigenvalue weighted by Gasteiger charge is 2.18. The van der Waals surface area contributed by atoms with Gasteiger partial charge in [-0.05, 0) is 52.6 Å². The molecule has 0 aliphatic heterocycles. The van der Waals surface area contributed by atoms with Crippen molar-refractivity contribution in [2.75, 3.05) is 0 Å². The molecule has 0 amide bonds. The first kappa shape index (κ1) is 25.0. The normalized spacial score (nSPS) is 11.6. The lowest BCUT2D eigenvalue weighted by molar-refractivity contribution is 0.669. The van der Waals surface area contributed by atoms with Gasteiger partial charge in [-0.2, -0.15) is 0 Å². The van der Waals surface area contributed by atoms with E-state index in [2.05, 4.69) is 109 Å². The van der Waals surface area contributed by atoms with E-state index in [1.165, 1.54) is 15.8 Å². The molecule has 206 valence electrons. The molecule has 9 rings (SSSR count). The molecule has 4 heteroatoms. The highest BCUT2D eigenvalue weighted by Crippen LogP contribution is 2.42. The number of hydrogen-bond donors (Lipinski definition) is 0. The second-order valence-electron chi connectivity index (χ2n) is 11.0. The van der Waals surface area contributed by atoms with Crippen molar-refractivity contribution in [1.82, 2.24) is 9.97 Å². The number of hydrogen-bond acceptors (Lipinski definition) is 4. The topological polar surface area (TPSA) is 38.9 Å². The molecule has 0 unspecified atom stereocenters. The van der Waals surface area contributed by atoms with Crippen molar-refractivity contribution in [3.8, 4) is 44.9 Å². The first-order valence-corrected chi connectivity index (χ1v) is 15.5. The summed E-state index contributed by atoms with van der Waals surface area (Å²) in [6.45, 7) is 0. The number of nitrogens with zero attached hydrogens (tertiary/aromatic N) is 2. The molecular weight excluding hydrogens is 557 g/mol. The van der Waals surface area contributed by atoms with Crippen LogP contribution < -0.4 is 0 Å². The van der Waals surface area contributed by atoms with E-state index < -0.39 is 0 Å². The van der Waals surface area contributed by atoms with Crippen LogP contribution in [0, 0.1) is 0 Å². The van der Waals surface area contributed by atoms with Crippen LogP contribution in [-0.4, -0.2) is 9.97 Å². The Morgan fingerprint density at radius 2 is 1.07 bits per heavy atom. The minimum Gasteiger partial charge on any atom is -0.456 e. The first-order valence-electron chi connectivity index (χ1n) is 14.7. The van der Waals surface area contributed by atoms with Gasteiger partial charge in [0.05, 0.1) is 15.9 Å². The van der Waals surface area contributed by atoms with E-state index in [0.717, 1.165) is 71.3 Å². The molecule has 0 radical (unpaired) electrons. The van der Waals surface area contributed by atoms with Gasteiger partial charge in [-0.25, -0.2) is 9.97 Å². The zero-order chi connectivity index (χ0) is 29.0. The fourth-order valence-electron chi connectivity index (χ4n) is 6.12. The summed E-state index contributed by atoms with van der Waals surface area (Å²) < 4.78 is 8.47. The maximum absolute atomic E-state index is 6.20. The molecule has 0 spiro atoms. The second-order valence-corrected chi connectivity index (χ2v) is 12.1. The van der Waals surface area contributed by atoms with E-state index in [-0.39, 0.29) is 0 Å². The van der Waals surface area contributed by atoms with Gasteiger partial charge in [-0.1, -0.05) is 115 Å².